The first-order valence-corrected chi connectivity index (χ1v) is 9.43. The highest BCUT2D eigenvalue weighted by atomic mass is 16.5. The average Bonchev–Trinajstić information content (AvgIpc) is 3.19. The number of carbonyl (C=O) groups excluding carboxylic acids is 1. The van der Waals surface area contributed by atoms with Crippen LogP contribution in [0.25, 0.3) is 22.7 Å². The molecule has 152 valence electrons. The van der Waals surface area contributed by atoms with Gasteiger partial charge in [0.25, 0.3) is 5.91 Å². The van der Waals surface area contributed by atoms with E-state index in [-0.39, 0.29) is 12.5 Å². The number of nitrogens with one attached hydrogen (secondary N) is 1. The largest absolute Gasteiger partial charge is 0.495 e. The van der Waals surface area contributed by atoms with Gasteiger partial charge in [-0.15, -0.1) is 0 Å². The Morgan fingerprint density at radius 3 is 2.73 bits per heavy atom. The maximum atomic E-state index is 12.5. The smallest absolute Gasteiger partial charge is 0.262 e. The number of aromatic nitrogens is 2. The van der Waals surface area contributed by atoms with Crippen LogP contribution in [0.3, 0.4) is 0 Å². The van der Waals surface area contributed by atoms with Gasteiger partial charge in [-0.3, -0.25) is 4.79 Å². The molecule has 0 aliphatic rings. The van der Waals surface area contributed by atoms with Crippen LogP contribution in [0.1, 0.15) is 11.1 Å². The highest BCUT2D eigenvalue weighted by Crippen LogP contribution is 2.31. The standard InChI is InChI=1S/C23H21N3O4/c1-14-6-8-17(11-15(14)2)29-13-21(27)25-18-12-16(7-9-19(18)28-3)23-26-22-20(30-23)5-4-10-24-22/h4-12H,13H2,1-3H3,(H,25,27). The summed E-state index contributed by atoms with van der Waals surface area (Å²) in [4.78, 5) is 21.0. The number of amides is 1. The number of rotatable bonds is 6. The minimum absolute atomic E-state index is 0.122. The Morgan fingerprint density at radius 2 is 1.97 bits per heavy atom. The number of pyridine rings is 1. The predicted molar refractivity (Wildman–Crippen MR) is 114 cm³/mol. The van der Waals surface area contributed by atoms with Crippen LogP contribution in [-0.4, -0.2) is 29.6 Å². The quantitative estimate of drug-likeness (QED) is 0.509. The van der Waals surface area contributed by atoms with Crippen molar-refractivity contribution in [3.05, 3.63) is 65.9 Å². The van der Waals surface area contributed by atoms with Gasteiger partial charge in [-0.1, -0.05) is 6.07 Å². The van der Waals surface area contributed by atoms with E-state index >= 15 is 0 Å². The number of hydrogen-bond acceptors (Lipinski definition) is 6. The maximum absolute atomic E-state index is 12.5. The molecule has 0 spiro atoms. The first-order chi connectivity index (χ1) is 14.5. The summed E-state index contributed by atoms with van der Waals surface area (Å²) in [7, 11) is 1.54. The van der Waals surface area contributed by atoms with Crippen molar-refractivity contribution in [3.63, 3.8) is 0 Å². The Balaban J connectivity index is 1.51. The van der Waals surface area contributed by atoms with Crippen LogP contribution in [0.2, 0.25) is 0 Å². The summed E-state index contributed by atoms with van der Waals surface area (Å²) >= 11 is 0. The first-order valence-electron chi connectivity index (χ1n) is 9.43. The van der Waals surface area contributed by atoms with Gasteiger partial charge < -0.3 is 19.2 Å². The van der Waals surface area contributed by atoms with Crippen LogP contribution in [0.4, 0.5) is 5.69 Å². The highest BCUT2D eigenvalue weighted by Gasteiger charge is 2.14. The Labute approximate surface area is 173 Å². The van der Waals surface area contributed by atoms with E-state index in [0.717, 1.165) is 5.56 Å². The van der Waals surface area contributed by atoms with Gasteiger partial charge in [0.15, 0.2) is 17.8 Å². The molecule has 0 bridgehead atoms. The molecule has 0 aliphatic heterocycles. The first kappa shape index (κ1) is 19.4. The predicted octanol–water partition coefficient (Wildman–Crippen LogP) is 4.53. The summed E-state index contributed by atoms with van der Waals surface area (Å²) in [5.74, 6) is 1.27. The fraction of sp³-hybridized carbons (Fsp3) is 0.174. The number of nitrogens with zero attached hydrogens (tertiary/aromatic N) is 2. The number of hydrogen-bond donors (Lipinski definition) is 1. The number of methoxy groups -OCH3 is 1. The molecule has 0 fully saturated rings. The molecule has 0 radical (unpaired) electrons. The van der Waals surface area contributed by atoms with Gasteiger partial charge >= 0.3 is 0 Å². The van der Waals surface area contributed by atoms with Crippen LogP contribution in [-0.2, 0) is 4.79 Å². The van der Waals surface area contributed by atoms with Crippen LogP contribution in [0.5, 0.6) is 11.5 Å². The molecule has 4 aromatic rings. The van der Waals surface area contributed by atoms with Crippen molar-refractivity contribution in [1.82, 2.24) is 9.97 Å². The molecule has 0 saturated carbocycles. The van der Waals surface area contributed by atoms with Crippen molar-refractivity contribution in [2.75, 3.05) is 19.0 Å². The SMILES string of the molecule is COc1ccc(-c2nc3ncccc3o2)cc1NC(=O)COc1ccc(C)c(C)c1. The summed E-state index contributed by atoms with van der Waals surface area (Å²) in [5.41, 5.74) is 4.59. The number of ether oxygens (including phenoxy) is 2. The number of aryl methyl sites for hydroxylation is 2. The van der Waals surface area contributed by atoms with Gasteiger partial charge in [0, 0.05) is 11.8 Å². The van der Waals surface area contributed by atoms with Crippen molar-refractivity contribution in [3.8, 4) is 23.0 Å². The van der Waals surface area contributed by atoms with Gasteiger partial charge in [0.1, 0.15) is 11.5 Å². The molecule has 30 heavy (non-hydrogen) atoms. The third-order valence-electron chi connectivity index (χ3n) is 4.73. The van der Waals surface area contributed by atoms with Gasteiger partial charge in [0.05, 0.1) is 12.8 Å². The molecule has 1 N–H and O–H groups in total. The molecule has 0 aliphatic carbocycles. The molecule has 1 amide bonds. The summed E-state index contributed by atoms with van der Waals surface area (Å²) in [6.45, 7) is 3.90. The van der Waals surface area contributed by atoms with Crippen molar-refractivity contribution >= 4 is 22.8 Å². The third-order valence-corrected chi connectivity index (χ3v) is 4.73. The van der Waals surface area contributed by atoms with E-state index in [2.05, 4.69) is 15.3 Å². The fourth-order valence-electron chi connectivity index (χ4n) is 2.97. The Bertz CT molecular complexity index is 1180. The van der Waals surface area contributed by atoms with Crippen LogP contribution in [0, 0.1) is 13.8 Å². The second-order valence-electron chi connectivity index (χ2n) is 6.84. The third kappa shape index (κ3) is 4.10. The number of benzene rings is 2. The molecule has 0 atom stereocenters. The van der Waals surface area contributed by atoms with Crippen LogP contribution in [0.15, 0.2) is 59.1 Å². The fourth-order valence-corrected chi connectivity index (χ4v) is 2.97. The summed E-state index contributed by atoms with van der Waals surface area (Å²) < 4.78 is 16.7. The summed E-state index contributed by atoms with van der Waals surface area (Å²) in [6.07, 6.45) is 1.66. The van der Waals surface area contributed by atoms with Gasteiger partial charge in [0.2, 0.25) is 5.89 Å². The van der Waals surface area contributed by atoms with Gasteiger partial charge in [-0.2, -0.15) is 4.98 Å². The molecule has 0 unspecified atom stereocenters. The van der Waals surface area contributed by atoms with E-state index < -0.39 is 0 Å². The van der Waals surface area contributed by atoms with Crippen molar-refractivity contribution < 1.29 is 18.7 Å². The van der Waals surface area contributed by atoms with Crippen LogP contribution < -0.4 is 14.8 Å². The maximum Gasteiger partial charge on any atom is 0.262 e. The molecule has 2 aromatic carbocycles. The number of fused-ring (bicyclic) bond motifs is 1. The molecule has 4 rings (SSSR count). The molecule has 7 heteroatoms. The molecular formula is C23H21N3O4. The second-order valence-corrected chi connectivity index (χ2v) is 6.84. The van der Waals surface area contributed by atoms with E-state index in [4.69, 9.17) is 13.9 Å². The van der Waals surface area contributed by atoms with Crippen molar-refractivity contribution in [2.24, 2.45) is 0 Å². The van der Waals surface area contributed by atoms with Gasteiger partial charge in [-0.25, -0.2) is 4.98 Å². The molecule has 2 aromatic heterocycles. The number of anilines is 1. The zero-order valence-corrected chi connectivity index (χ0v) is 16.9. The van der Waals surface area contributed by atoms with E-state index in [1.807, 2.05) is 38.1 Å². The Morgan fingerprint density at radius 1 is 1.10 bits per heavy atom. The van der Waals surface area contributed by atoms with E-state index in [9.17, 15) is 4.79 Å². The lowest BCUT2D eigenvalue weighted by molar-refractivity contribution is -0.118. The summed E-state index contributed by atoms with van der Waals surface area (Å²) in [6, 6.07) is 14.6. The molecule has 7 nitrogen and oxygen atoms in total. The number of oxazole rings is 1. The van der Waals surface area contributed by atoms with E-state index in [1.54, 1.807) is 37.6 Å². The Hall–Kier alpha value is -3.87. The normalized spacial score (nSPS) is 10.8. The monoisotopic (exact) mass is 403 g/mol. The summed E-state index contributed by atoms with van der Waals surface area (Å²) in [5, 5.41) is 2.83. The highest BCUT2D eigenvalue weighted by molar-refractivity contribution is 5.94. The lowest BCUT2D eigenvalue weighted by Gasteiger charge is -2.12. The van der Waals surface area contributed by atoms with E-state index in [0.29, 0.717) is 39.9 Å². The second kappa shape index (κ2) is 8.24. The topological polar surface area (TPSA) is 86.5 Å². The zero-order valence-electron chi connectivity index (χ0n) is 16.9. The zero-order chi connectivity index (χ0) is 21.1. The minimum atomic E-state index is -0.303. The molecule has 0 saturated heterocycles. The molecule has 2 heterocycles. The average molecular weight is 403 g/mol. The lowest BCUT2D eigenvalue weighted by Crippen LogP contribution is -2.20. The minimum Gasteiger partial charge on any atom is -0.495 e. The van der Waals surface area contributed by atoms with E-state index in [1.165, 1.54) is 5.56 Å². The molecular weight excluding hydrogens is 382 g/mol. The van der Waals surface area contributed by atoms with Gasteiger partial charge in [-0.05, 0) is 67.4 Å². The number of carbonyl (C=O) groups is 1. The van der Waals surface area contributed by atoms with Crippen molar-refractivity contribution in [1.29, 1.82) is 0 Å². The lowest BCUT2D eigenvalue weighted by atomic mass is 10.1. The Kier molecular flexibility index (Phi) is 5.34. The van der Waals surface area contributed by atoms with Crippen molar-refractivity contribution in [2.45, 2.75) is 13.8 Å². The van der Waals surface area contributed by atoms with Crippen LogP contribution >= 0.6 is 0 Å².